The topological polar surface area (TPSA) is 25.9 Å². The van der Waals surface area contributed by atoms with Crippen LogP contribution >= 0.6 is 0 Å². The molecular formula is C26H33N5. The molecule has 0 radical (unpaired) electrons. The van der Waals surface area contributed by atoms with Gasteiger partial charge in [-0.3, -0.25) is 0 Å². The van der Waals surface area contributed by atoms with Gasteiger partial charge in [-0.2, -0.15) is 0 Å². The lowest BCUT2D eigenvalue weighted by molar-refractivity contribution is 0.489. The largest absolute Gasteiger partial charge is 0.360 e. The Hall–Kier alpha value is -3.21. The highest BCUT2D eigenvalue weighted by molar-refractivity contribution is 5.75. The summed E-state index contributed by atoms with van der Waals surface area (Å²) in [6.07, 6.45) is 4.94. The van der Waals surface area contributed by atoms with E-state index in [1.54, 1.807) is 0 Å². The molecule has 5 heteroatoms. The molecule has 0 spiro atoms. The van der Waals surface area contributed by atoms with Gasteiger partial charge in [0.05, 0.1) is 6.67 Å². The molecule has 0 N–H and O–H groups in total. The molecule has 5 nitrogen and oxygen atoms in total. The van der Waals surface area contributed by atoms with Crippen molar-refractivity contribution in [3.8, 4) is 0 Å². The Balaban J connectivity index is 1.52. The Morgan fingerprint density at radius 3 is 2.61 bits per heavy atom. The molecule has 0 unspecified atom stereocenters. The third-order valence-corrected chi connectivity index (χ3v) is 6.47. The van der Waals surface area contributed by atoms with E-state index in [-0.39, 0.29) is 0 Å². The normalized spacial score (nSPS) is 16.4. The van der Waals surface area contributed by atoms with Gasteiger partial charge in [0.1, 0.15) is 11.6 Å². The highest BCUT2D eigenvalue weighted by Gasteiger charge is 2.26. The molecule has 1 aromatic heterocycles. The van der Waals surface area contributed by atoms with Gasteiger partial charge in [-0.1, -0.05) is 44.9 Å². The summed E-state index contributed by atoms with van der Waals surface area (Å²) < 4.78 is 0. The van der Waals surface area contributed by atoms with Gasteiger partial charge < -0.3 is 19.6 Å². The van der Waals surface area contributed by atoms with E-state index in [1.165, 1.54) is 11.1 Å². The first-order valence-electron chi connectivity index (χ1n) is 11.0. The standard InChI is InChI=1S/C26H33N5/c1-7-22-15-19(3)26(27-17-22)30-13-12-29(18-30)20(4)25-10-9-24(16-23(25)8-2)31-14-11-28(6)21(31)5/h8-10,15-17H,2,4-5,7,11-14,18H2,1,3,6H3. The first-order valence-corrected chi connectivity index (χ1v) is 11.0. The third kappa shape index (κ3) is 3.92. The second-order valence-corrected chi connectivity index (χ2v) is 8.42. The number of aromatic nitrogens is 1. The molecule has 2 aromatic rings. The van der Waals surface area contributed by atoms with E-state index in [4.69, 9.17) is 4.98 Å². The zero-order valence-electron chi connectivity index (χ0n) is 19.1. The van der Waals surface area contributed by atoms with Crippen LogP contribution in [0.5, 0.6) is 0 Å². The van der Waals surface area contributed by atoms with E-state index in [2.05, 4.69) is 84.5 Å². The fourth-order valence-electron chi connectivity index (χ4n) is 4.44. The van der Waals surface area contributed by atoms with E-state index in [9.17, 15) is 0 Å². The Labute approximate surface area is 186 Å². The molecule has 0 bridgehead atoms. The quantitative estimate of drug-likeness (QED) is 0.689. The summed E-state index contributed by atoms with van der Waals surface area (Å²) in [4.78, 5) is 13.8. The lowest BCUT2D eigenvalue weighted by Crippen LogP contribution is -2.25. The van der Waals surface area contributed by atoms with Crippen molar-refractivity contribution in [2.45, 2.75) is 20.3 Å². The van der Waals surface area contributed by atoms with Gasteiger partial charge in [0.15, 0.2) is 0 Å². The fourth-order valence-corrected chi connectivity index (χ4v) is 4.44. The molecule has 0 atom stereocenters. The maximum Gasteiger partial charge on any atom is 0.132 e. The van der Waals surface area contributed by atoms with E-state index in [1.807, 2.05) is 12.3 Å². The van der Waals surface area contributed by atoms with Crippen molar-refractivity contribution >= 4 is 23.3 Å². The minimum atomic E-state index is 0.796. The lowest BCUT2D eigenvalue weighted by Gasteiger charge is -2.26. The van der Waals surface area contributed by atoms with E-state index in [0.717, 1.165) is 73.4 Å². The van der Waals surface area contributed by atoms with Crippen LogP contribution in [-0.4, -0.2) is 54.7 Å². The maximum atomic E-state index is 4.74. The zero-order chi connectivity index (χ0) is 22.1. The van der Waals surface area contributed by atoms with Crippen molar-refractivity contribution in [3.63, 3.8) is 0 Å². The van der Waals surface area contributed by atoms with Gasteiger partial charge in [0.25, 0.3) is 0 Å². The smallest absolute Gasteiger partial charge is 0.132 e. The van der Waals surface area contributed by atoms with Crippen LogP contribution in [0.15, 0.2) is 56.0 Å². The Bertz CT molecular complexity index is 1020. The summed E-state index contributed by atoms with van der Waals surface area (Å²) in [6, 6.07) is 8.78. The van der Waals surface area contributed by atoms with Gasteiger partial charge >= 0.3 is 0 Å². The van der Waals surface area contributed by atoms with Crippen LogP contribution in [-0.2, 0) is 6.42 Å². The number of aryl methyl sites for hydroxylation is 2. The fraction of sp³-hybridized carbons (Fsp3) is 0.346. The Kier molecular flexibility index (Phi) is 5.77. The summed E-state index contributed by atoms with van der Waals surface area (Å²) in [5.41, 5.74) is 6.93. The second kappa shape index (κ2) is 8.50. The number of likely N-dealkylation sites (N-methyl/N-ethyl adjacent to an activating group) is 1. The average molecular weight is 416 g/mol. The predicted molar refractivity (Wildman–Crippen MR) is 132 cm³/mol. The summed E-state index contributed by atoms with van der Waals surface area (Å²) in [7, 11) is 2.08. The third-order valence-electron chi connectivity index (χ3n) is 6.47. The van der Waals surface area contributed by atoms with Crippen LogP contribution in [0, 0.1) is 6.92 Å². The van der Waals surface area contributed by atoms with Crippen molar-refractivity contribution in [1.82, 2.24) is 14.8 Å². The van der Waals surface area contributed by atoms with Crippen LogP contribution < -0.4 is 9.80 Å². The number of hydrogen-bond donors (Lipinski definition) is 0. The van der Waals surface area contributed by atoms with E-state index >= 15 is 0 Å². The lowest BCUT2D eigenvalue weighted by atomic mass is 10.0. The van der Waals surface area contributed by atoms with Crippen molar-refractivity contribution < 1.29 is 0 Å². The Morgan fingerprint density at radius 1 is 1.16 bits per heavy atom. The highest BCUT2D eigenvalue weighted by atomic mass is 15.4. The summed E-state index contributed by atoms with van der Waals surface area (Å²) in [6.45, 7) is 21.6. The maximum absolute atomic E-state index is 4.74. The number of anilines is 2. The van der Waals surface area contributed by atoms with Crippen LogP contribution in [0.2, 0.25) is 0 Å². The van der Waals surface area contributed by atoms with Crippen LogP contribution in [0.3, 0.4) is 0 Å². The molecule has 2 aliphatic heterocycles. The van der Waals surface area contributed by atoms with Crippen molar-refractivity contribution in [3.05, 3.63) is 78.3 Å². The SMILES string of the molecule is C=Cc1cc(N2CCN(C)C2=C)ccc1C(=C)N1CCN(c2ncc(CC)cc2C)C1. The summed E-state index contributed by atoms with van der Waals surface area (Å²) in [5, 5.41) is 0. The van der Waals surface area contributed by atoms with Gasteiger partial charge in [-0.05, 0) is 42.2 Å². The first kappa shape index (κ1) is 21.0. The molecule has 4 rings (SSSR count). The van der Waals surface area contributed by atoms with Gasteiger partial charge in [-0.15, -0.1) is 0 Å². The molecular weight excluding hydrogens is 382 g/mol. The van der Waals surface area contributed by atoms with Gasteiger partial charge in [0, 0.05) is 56.4 Å². The minimum Gasteiger partial charge on any atom is -0.360 e. The monoisotopic (exact) mass is 415 g/mol. The number of rotatable bonds is 6. The number of nitrogens with zero attached hydrogens (tertiary/aromatic N) is 5. The highest BCUT2D eigenvalue weighted by Crippen LogP contribution is 2.32. The summed E-state index contributed by atoms with van der Waals surface area (Å²) in [5.74, 6) is 2.11. The van der Waals surface area contributed by atoms with Gasteiger partial charge in [-0.25, -0.2) is 4.98 Å². The molecule has 2 saturated heterocycles. The minimum absolute atomic E-state index is 0.796. The van der Waals surface area contributed by atoms with Crippen LogP contribution in [0.1, 0.15) is 29.2 Å². The number of hydrogen-bond acceptors (Lipinski definition) is 5. The summed E-state index contributed by atoms with van der Waals surface area (Å²) >= 11 is 0. The average Bonchev–Trinajstić information content (AvgIpc) is 3.40. The van der Waals surface area contributed by atoms with E-state index < -0.39 is 0 Å². The number of benzene rings is 1. The van der Waals surface area contributed by atoms with Crippen molar-refractivity contribution in [1.29, 1.82) is 0 Å². The van der Waals surface area contributed by atoms with Crippen molar-refractivity contribution in [2.75, 3.05) is 49.7 Å². The molecule has 2 aliphatic rings. The number of pyridine rings is 1. The molecule has 0 saturated carbocycles. The predicted octanol–water partition coefficient (Wildman–Crippen LogP) is 4.57. The molecule has 162 valence electrons. The first-order chi connectivity index (χ1) is 14.9. The molecule has 0 aliphatic carbocycles. The molecule has 2 fully saturated rings. The van der Waals surface area contributed by atoms with Crippen LogP contribution in [0.4, 0.5) is 11.5 Å². The molecule has 1 aromatic carbocycles. The molecule has 3 heterocycles. The van der Waals surface area contributed by atoms with E-state index in [0.29, 0.717) is 0 Å². The van der Waals surface area contributed by atoms with Crippen molar-refractivity contribution in [2.24, 2.45) is 0 Å². The van der Waals surface area contributed by atoms with Gasteiger partial charge in [0.2, 0.25) is 0 Å². The molecule has 31 heavy (non-hydrogen) atoms. The molecule has 0 amide bonds. The zero-order valence-corrected chi connectivity index (χ0v) is 19.1. The second-order valence-electron chi connectivity index (χ2n) is 8.42. The van der Waals surface area contributed by atoms with Crippen LogP contribution in [0.25, 0.3) is 11.8 Å². The Morgan fingerprint density at radius 2 is 1.97 bits per heavy atom.